The number of aryl methyl sites for hydroxylation is 2. The summed E-state index contributed by atoms with van der Waals surface area (Å²) in [7, 11) is 0. The van der Waals surface area contributed by atoms with E-state index in [2.05, 4.69) is 0 Å². The average Bonchev–Trinajstić information content (AvgIpc) is 2.38. The van der Waals surface area contributed by atoms with Gasteiger partial charge in [0.1, 0.15) is 11.6 Å². The van der Waals surface area contributed by atoms with Crippen LogP contribution in [-0.4, -0.2) is 5.11 Å². The maximum Gasteiger partial charge on any atom is 0.129 e. The molecule has 0 heterocycles. The molecule has 0 radical (unpaired) electrons. The van der Waals surface area contributed by atoms with Gasteiger partial charge in [0.05, 0.1) is 6.10 Å². The van der Waals surface area contributed by atoms with E-state index in [-0.39, 0.29) is 18.1 Å². The first-order valence-corrected chi connectivity index (χ1v) is 6.17. The molecule has 1 unspecified atom stereocenters. The number of hydrogen-bond acceptors (Lipinski definition) is 1. The molecule has 19 heavy (non-hydrogen) atoms. The van der Waals surface area contributed by atoms with Crippen LogP contribution in [0.25, 0.3) is 0 Å². The van der Waals surface area contributed by atoms with Crippen molar-refractivity contribution in [2.75, 3.05) is 0 Å². The van der Waals surface area contributed by atoms with Crippen molar-refractivity contribution in [1.29, 1.82) is 0 Å². The van der Waals surface area contributed by atoms with E-state index >= 15 is 0 Å². The molecule has 0 aliphatic rings. The topological polar surface area (TPSA) is 20.2 Å². The molecule has 100 valence electrons. The second-order valence-electron chi connectivity index (χ2n) is 4.78. The Morgan fingerprint density at radius 1 is 1.05 bits per heavy atom. The van der Waals surface area contributed by atoms with Crippen LogP contribution in [0.3, 0.4) is 0 Å². The zero-order valence-corrected chi connectivity index (χ0v) is 11.0. The van der Waals surface area contributed by atoms with Crippen LogP contribution in [-0.2, 0) is 6.42 Å². The number of benzene rings is 2. The molecular weight excluding hydrogens is 246 g/mol. The summed E-state index contributed by atoms with van der Waals surface area (Å²) in [5.74, 6) is -0.598. The third-order valence-corrected chi connectivity index (χ3v) is 3.21. The van der Waals surface area contributed by atoms with E-state index in [9.17, 15) is 13.9 Å². The van der Waals surface area contributed by atoms with Crippen molar-refractivity contribution in [3.63, 3.8) is 0 Å². The molecule has 0 spiro atoms. The maximum atomic E-state index is 13.5. The summed E-state index contributed by atoms with van der Waals surface area (Å²) in [6, 6.07) is 9.55. The van der Waals surface area contributed by atoms with Crippen molar-refractivity contribution in [2.24, 2.45) is 0 Å². The van der Waals surface area contributed by atoms with Crippen molar-refractivity contribution in [3.05, 3.63) is 70.3 Å². The van der Waals surface area contributed by atoms with Crippen molar-refractivity contribution in [1.82, 2.24) is 0 Å². The molecule has 0 aliphatic heterocycles. The molecule has 0 saturated carbocycles. The van der Waals surface area contributed by atoms with Gasteiger partial charge >= 0.3 is 0 Å². The Hall–Kier alpha value is -1.74. The molecule has 2 rings (SSSR count). The Balaban J connectivity index is 2.26. The Morgan fingerprint density at radius 3 is 2.21 bits per heavy atom. The van der Waals surface area contributed by atoms with Crippen LogP contribution in [0.1, 0.15) is 28.4 Å². The molecule has 1 N–H and O–H groups in total. The van der Waals surface area contributed by atoms with E-state index in [1.54, 1.807) is 44.2 Å². The molecule has 0 fully saturated rings. The van der Waals surface area contributed by atoms with Crippen LogP contribution in [0.4, 0.5) is 8.78 Å². The quantitative estimate of drug-likeness (QED) is 0.890. The van der Waals surface area contributed by atoms with Gasteiger partial charge in [-0.25, -0.2) is 8.78 Å². The van der Waals surface area contributed by atoms with Crippen LogP contribution < -0.4 is 0 Å². The van der Waals surface area contributed by atoms with Crippen LogP contribution in [0.15, 0.2) is 36.4 Å². The smallest absolute Gasteiger partial charge is 0.129 e. The summed E-state index contributed by atoms with van der Waals surface area (Å²) in [4.78, 5) is 0. The summed E-state index contributed by atoms with van der Waals surface area (Å²) in [6.07, 6.45) is -0.660. The Morgan fingerprint density at radius 2 is 1.63 bits per heavy atom. The minimum Gasteiger partial charge on any atom is -0.388 e. The predicted octanol–water partition coefficient (Wildman–Crippen LogP) is 3.86. The van der Waals surface area contributed by atoms with Gasteiger partial charge in [-0.05, 0) is 42.2 Å². The average molecular weight is 262 g/mol. The van der Waals surface area contributed by atoms with E-state index < -0.39 is 6.10 Å². The van der Waals surface area contributed by atoms with Gasteiger partial charge in [-0.3, -0.25) is 0 Å². The predicted molar refractivity (Wildman–Crippen MR) is 70.9 cm³/mol. The Labute approximate surface area is 111 Å². The lowest BCUT2D eigenvalue weighted by atomic mass is 9.97. The first kappa shape index (κ1) is 13.7. The summed E-state index contributed by atoms with van der Waals surface area (Å²) >= 11 is 0. The van der Waals surface area contributed by atoms with Crippen LogP contribution in [0, 0.1) is 25.5 Å². The van der Waals surface area contributed by atoms with E-state index in [1.165, 1.54) is 6.07 Å². The number of rotatable bonds is 3. The molecule has 3 heteroatoms. The largest absolute Gasteiger partial charge is 0.388 e. The highest BCUT2D eigenvalue weighted by Gasteiger charge is 2.14. The lowest BCUT2D eigenvalue weighted by molar-refractivity contribution is 0.177. The van der Waals surface area contributed by atoms with E-state index in [4.69, 9.17) is 0 Å². The van der Waals surface area contributed by atoms with Crippen LogP contribution in [0.5, 0.6) is 0 Å². The molecule has 0 aliphatic carbocycles. The lowest BCUT2D eigenvalue weighted by Gasteiger charge is -2.14. The first-order chi connectivity index (χ1) is 8.99. The molecule has 1 nitrogen and oxygen atoms in total. The third-order valence-electron chi connectivity index (χ3n) is 3.21. The standard InChI is InChI=1S/C16H16F2O/c1-10-7-13(8-11(2)16(10)18)15(19)9-12-5-3-4-6-14(12)17/h3-8,15,19H,9H2,1-2H3. The fraction of sp³-hybridized carbons (Fsp3) is 0.250. The number of aliphatic hydroxyl groups is 1. The SMILES string of the molecule is Cc1cc(C(O)Cc2ccccc2F)cc(C)c1F. The molecule has 2 aromatic carbocycles. The minimum absolute atomic E-state index is 0.178. The molecule has 0 saturated heterocycles. The van der Waals surface area contributed by atoms with Crippen LogP contribution in [0.2, 0.25) is 0 Å². The molecule has 0 aromatic heterocycles. The zero-order valence-electron chi connectivity index (χ0n) is 11.0. The van der Waals surface area contributed by atoms with Gasteiger partial charge in [-0.15, -0.1) is 0 Å². The van der Waals surface area contributed by atoms with Crippen molar-refractivity contribution in [2.45, 2.75) is 26.4 Å². The highest BCUT2D eigenvalue weighted by Crippen LogP contribution is 2.23. The number of aliphatic hydroxyl groups excluding tert-OH is 1. The van der Waals surface area contributed by atoms with Gasteiger partial charge in [0.25, 0.3) is 0 Å². The highest BCUT2D eigenvalue weighted by molar-refractivity contribution is 5.32. The summed E-state index contributed by atoms with van der Waals surface area (Å²) in [5, 5.41) is 10.1. The van der Waals surface area contributed by atoms with E-state index in [0.717, 1.165) is 0 Å². The van der Waals surface area contributed by atoms with Gasteiger partial charge in [-0.1, -0.05) is 30.3 Å². The van der Waals surface area contributed by atoms with Gasteiger partial charge in [0.15, 0.2) is 0 Å². The molecule has 0 amide bonds. The monoisotopic (exact) mass is 262 g/mol. The maximum absolute atomic E-state index is 13.5. The van der Waals surface area contributed by atoms with Gasteiger partial charge in [-0.2, -0.15) is 0 Å². The van der Waals surface area contributed by atoms with Crippen molar-refractivity contribution >= 4 is 0 Å². The molecule has 1 atom stereocenters. The summed E-state index contributed by atoms with van der Waals surface area (Å²) in [5.41, 5.74) is 2.04. The lowest BCUT2D eigenvalue weighted by Crippen LogP contribution is -2.05. The second kappa shape index (κ2) is 5.49. The molecule has 0 bridgehead atoms. The van der Waals surface area contributed by atoms with E-state index in [1.807, 2.05) is 0 Å². The fourth-order valence-electron chi connectivity index (χ4n) is 2.16. The zero-order chi connectivity index (χ0) is 14.0. The fourth-order valence-corrected chi connectivity index (χ4v) is 2.16. The number of halogens is 2. The van der Waals surface area contributed by atoms with Crippen molar-refractivity contribution < 1.29 is 13.9 Å². The number of hydrogen-bond donors (Lipinski definition) is 1. The summed E-state index contributed by atoms with van der Waals surface area (Å²) < 4.78 is 27.0. The Kier molecular flexibility index (Phi) is 3.96. The normalized spacial score (nSPS) is 12.5. The van der Waals surface area contributed by atoms with E-state index in [0.29, 0.717) is 22.3 Å². The molecule has 2 aromatic rings. The first-order valence-electron chi connectivity index (χ1n) is 6.17. The van der Waals surface area contributed by atoms with Crippen LogP contribution >= 0.6 is 0 Å². The highest BCUT2D eigenvalue weighted by atomic mass is 19.1. The van der Waals surface area contributed by atoms with Gasteiger partial charge in [0.2, 0.25) is 0 Å². The van der Waals surface area contributed by atoms with Gasteiger partial charge < -0.3 is 5.11 Å². The van der Waals surface area contributed by atoms with Gasteiger partial charge in [0, 0.05) is 6.42 Å². The summed E-state index contributed by atoms with van der Waals surface area (Å²) in [6.45, 7) is 3.31. The minimum atomic E-state index is -0.838. The van der Waals surface area contributed by atoms with Crippen molar-refractivity contribution in [3.8, 4) is 0 Å². The third kappa shape index (κ3) is 2.99. The Bertz CT molecular complexity index is 570. The second-order valence-corrected chi connectivity index (χ2v) is 4.78. The molecular formula is C16H16F2O.